The molecule has 1 heterocycles. The summed E-state index contributed by atoms with van der Waals surface area (Å²) in [6, 6.07) is 5.89. The molecular weight excluding hydrogens is 253 g/mol. The number of rotatable bonds is 4. The molecule has 4 heteroatoms. The first-order valence-corrected chi connectivity index (χ1v) is 7.41. The summed E-state index contributed by atoms with van der Waals surface area (Å²) in [6.07, 6.45) is 2.43. The Hall–Kier alpha value is -1.13. The number of hydrogen-bond donors (Lipinski definition) is 1. The maximum atomic E-state index is 13.6. The summed E-state index contributed by atoms with van der Waals surface area (Å²) >= 11 is 0. The van der Waals surface area contributed by atoms with Gasteiger partial charge >= 0.3 is 0 Å². The first-order valence-electron chi connectivity index (χ1n) is 7.41. The van der Waals surface area contributed by atoms with Crippen LogP contribution in [0.5, 0.6) is 0 Å². The van der Waals surface area contributed by atoms with Crippen LogP contribution in [-0.4, -0.2) is 45.2 Å². The second kappa shape index (κ2) is 6.55. The van der Waals surface area contributed by atoms with Crippen LogP contribution in [0.25, 0.3) is 0 Å². The van der Waals surface area contributed by atoms with Gasteiger partial charge in [0.2, 0.25) is 0 Å². The number of benzene rings is 1. The van der Waals surface area contributed by atoms with Crippen molar-refractivity contribution in [3.63, 3.8) is 0 Å². The summed E-state index contributed by atoms with van der Waals surface area (Å²) in [6.45, 7) is 4.15. The van der Waals surface area contributed by atoms with Crippen LogP contribution in [0.15, 0.2) is 18.2 Å². The second-order valence-corrected chi connectivity index (χ2v) is 5.92. The Balaban J connectivity index is 2.27. The number of piperidine rings is 1. The number of nitrogens with one attached hydrogen (secondary N) is 1. The van der Waals surface area contributed by atoms with Crippen molar-refractivity contribution >= 4 is 5.69 Å². The van der Waals surface area contributed by atoms with E-state index in [0.717, 1.165) is 18.7 Å². The zero-order chi connectivity index (χ0) is 14.7. The van der Waals surface area contributed by atoms with Crippen molar-refractivity contribution in [1.29, 1.82) is 0 Å². The zero-order valence-corrected chi connectivity index (χ0v) is 13.0. The van der Waals surface area contributed by atoms with E-state index >= 15 is 0 Å². The molecule has 20 heavy (non-hydrogen) atoms. The van der Waals surface area contributed by atoms with E-state index in [1.807, 2.05) is 13.1 Å². The van der Waals surface area contributed by atoms with Gasteiger partial charge in [-0.15, -0.1) is 0 Å². The topological polar surface area (TPSA) is 18.5 Å². The average molecular weight is 279 g/mol. The normalized spacial score (nSPS) is 21.3. The van der Waals surface area contributed by atoms with Gasteiger partial charge in [0.1, 0.15) is 5.82 Å². The van der Waals surface area contributed by atoms with E-state index < -0.39 is 0 Å². The van der Waals surface area contributed by atoms with Crippen molar-refractivity contribution in [2.24, 2.45) is 0 Å². The molecule has 3 nitrogen and oxygen atoms in total. The summed E-state index contributed by atoms with van der Waals surface area (Å²) in [5.41, 5.74) is 2.21. The smallest absolute Gasteiger partial charge is 0.123 e. The van der Waals surface area contributed by atoms with Crippen LogP contribution < -0.4 is 10.2 Å². The second-order valence-electron chi connectivity index (χ2n) is 5.92. The molecule has 2 rings (SSSR count). The van der Waals surface area contributed by atoms with Gasteiger partial charge in [0.25, 0.3) is 0 Å². The summed E-state index contributed by atoms with van der Waals surface area (Å²) < 4.78 is 13.6. The van der Waals surface area contributed by atoms with Gasteiger partial charge in [0.05, 0.1) is 0 Å². The molecule has 0 bridgehead atoms. The Morgan fingerprint density at radius 3 is 2.80 bits per heavy atom. The molecule has 0 spiro atoms. The lowest BCUT2D eigenvalue weighted by atomic mass is 10.00. The molecule has 1 aliphatic heterocycles. The highest BCUT2D eigenvalue weighted by Crippen LogP contribution is 2.30. The fourth-order valence-corrected chi connectivity index (χ4v) is 2.91. The van der Waals surface area contributed by atoms with Crippen molar-refractivity contribution in [3.05, 3.63) is 29.6 Å². The third-order valence-corrected chi connectivity index (χ3v) is 4.36. The maximum absolute atomic E-state index is 13.6. The lowest BCUT2D eigenvalue weighted by molar-refractivity contribution is 0.258. The predicted molar refractivity (Wildman–Crippen MR) is 82.8 cm³/mol. The molecule has 0 radical (unpaired) electrons. The molecule has 2 unspecified atom stereocenters. The fraction of sp³-hybridized carbons (Fsp3) is 0.625. The van der Waals surface area contributed by atoms with E-state index in [4.69, 9.17) is 0 Å². The molecule has 0 amide bonds. The van der Waals surface area contributed by atoms with Crippen LogP contribution in [0.1, 0.15) is 31.4 Å². The lowest BCUT2D eigenvalue weighted by Gasteiger charge is -2.38. The van der Waals surface area contributed by atoms with Crippen LogP contribution in [-0.2, 0) is 0 Å². The van der Waals surface area contributed by atoms with Crippen LogP contribution in [0.2, 0.25) is 0 Å². The maximum Gasteiger partial charge on any atom is 0.123 e. The summed E-state index contributed by atoms with van der Waals surface area (Å²) in [5.74, 6) is -0.160. The SMILES string of the molecule is CNC(C)c1cc(F)ccc1N1CCCC(N(C)C)C1. The molecular formula is C16H26FN3. The van der Waals surface area contributed by atoms with E-state index in [9.17, 15) is 4.39 Å². The van der Waals surface area contributed by atoms with Gasteiger partial charge in [-0.1, -0.05) is 0 Å². The van der Waals surface area contributed by atoms with Gasteiger partial charge in [0.15, 0.2) is 0 Å². The lowest BCUT2D eigenvalue weighted by Crippen LogP contribution is -2.45. The zero-order valence-electron chi connectivity index (χ0n) is 13.0. The van der Waals surface area contributed by atoms with Crippen LogP contribution in [0.3, 0.4) is 0 Å². The minimum absolute atomic E-state index is 0.153. The van der Waals surface area contributed by atoms with Crippen LogP contribution in [0, 0.1) is 5.82 Å². The first-order chi connectivity index (χ1) is 9.52. The molecule has 1 N–H and O–H groups in total. The van der Waals surface area contributed by atoms with E-state index in [-0.39, 0.29) is 11.9 Å². The van der Waals surface area contributed by atoms with E-state index in [2.05, 4.69) is 36.1 Å². The molecule has 1 saturated heterocycles. The minimum atomic E-state index is -0.160. The predicted octanol–water partition coefficient (Wildman–Crippen LogP) is 2.64. The van der Waals surface area contributed by atoms with Crippen molar-refractivity contribution in [2.45, 2.75) is 31.8 Å². The number of halogens is 1. The van der Waals surface area contributed by atoms with E-state index in [1.165, 1.54) is 18.5 Å². The van der Waals surface area contributed by atoms with Crippen molar-refractivity contribution in [3.8, 4) is 0 Å². The minimum Gasteiger partial charge on any atom is -0.370 e. The van der Waals surface area contributed by atoms with Crippen LogP contribution >= 0.6 is 0 Å². The van der Waals surface area contributed by atoms with Crippen molar-refractivity contribution < 1.29 is 4.39 Å². The molecule has 112 valence electrons. The highest BCUT2D eigenvalue weighted by molar-refractivity contribution is 5.55. The Kier molecular flexibility index (Phi) is 5.00. The first kappa shape index (κ1) is 15.3. The van der Waals surface area contributed by atoms with Gasteiger partial charge in [-0.25, -0.2) is 4.39 Å². The third kappa shape index (κ3) is 3.30. The Morgan fingerprint density at radius 2 is 2.15 bits per heavy atom. The Morgan fingerprint density at radius 1 is 1.40 bits per heavy atom. The van der Waals surface area contributed by atoms with Gasteiger partial charge in [0, 0.05) is 30.9 Å². The van der Waals surface area contributed by atoms with Gasteiger partial charge in [-0.2, -0.15) is 0 Å². The summed E-state index contributed by atoms with van der Waals surface area (Å²) in [7, 11) is 6.18. The quantitative estimate of drug-likeness (QED) is 0.914. The van der Waals surface area contributed by atoms with Crippen molar-refractivity contribution in [1.82, 2.24) is 10.2 Å². The summed E-state index contributed by atoms with van der Waals surface area (Å²) in [5, 5.41) is 3.22. The Bertz CT molecular complexity index is 447. The molecule has 0 saturated carbocycles. The molecule has 1 aliphatic rings. The monoisotopic (exact) mass is 279 g/mol. The third-order valence-electron chi connectivity index (χ3n) is 4.36. The Labute approximate surface area is 121 Å². The molecule has 2 atom stereocenters. The average Bonchev–Trinajstić information content (AvgIpc) is 2.46. The van der Waals surface area contributed by atoms with Gasteiger partial charge in [-0.05, 0) is 64.7 Å². The number of likely N-dealkylation sites (N-methyl/N-ethyl adjacent to an activating group) is 1. The molecule has 1 aromatic rings. The van der Waals surface area contributed by atoms with E-state index in [0.29, 0.717) is 6.04 Å². The molecule has 1 aromatic carbocycles. The number of nitrogens with zero attached hydrogens (tertiary/aromatic N) is 2. The number of anilines is 1. The largest absolute Gasteiger partial charge is 0.370 e. The van der Waals surface area contributed by atoms with E-state index in [1.54, 1.807) is 12.1 Å². The van der Waals surface area contributed by atoms with Gasteiger partial charge < -0.3 is 15.1 Å². The fourth-order valence-electron chi connectivity index (χ4n) is 2.91. The summed E-state index contributed by atoms with van der Waals surface area (Å²) in [4.78, 5) is 4.69. The highest BCUT2D eigenvalue weighted by Gasteiger charge is 2.24. The standard InChI is InChI=1S/C16H26FN3/c1-12(18-2)15-10-13(17)7-8-16(15)20-9-5-6-14(11-20)19(3)4/h7-8,10,12,14,18H,5-6,9,11H2,1-4H3. The molecule has 0 aliphatic carbocycles. The highest BCUT2D eigenvalue weighted by atomic mass is 19.1. The molecule has 1 fully saturated rings. The number of hydrogen-bond acceptors (Lipinski definition) is 3. The molecule has 0 aromatic heterocycles. The van der Waals surface area contributed by atoms with Gasteiger partial charge in [-0.3, -0.25) is 0 Å². The van der Waals surface area contributed by atoms with Crippen molar-refractivity contribution in [2.75, 3.05) is 39.1 Å². The van der Waals surface area contributed by atoms with Crippen LogP contribution in [0.4, 0.5) is 10.1 Å².